The normalized spacial score (nSPS) is 16.7. The molecule has 0 saturated carbocycles. The number of nitrogens with zero attached hydrogens (tertiary/aromatic N) is 1. The zero-order chi connectivity index (χ0) is 20.4. The number of furan rings is 1. The Morgan fingerprint density at radius 2 is 1.69 bits per heavy atom. The van der Waals surface area contributed by atoms with Gasteiger partial charge in [0.15, 0.2) is 8.88 Å². The first kappa shape index (κ1) is 19.6. The van der Waals surface area contributed by atoms with Crippen molar-refractivity contribution in [2.75, 3.05) is 4.90 Å². The van der Waals surface area contributed by atoms with E-state index in [2.05, 4.69) is 5.32 Å². The van der Waals surface area contributed by atoms with Crippen LogP contribution in [0.5, 0.6) is 11.5 Å². The van der Waals surface area contributed by atoms with Crippen molar-refractivity contribution in [1.82, 2.24) is 5.32 Å². The van der Waals surface area contributed by atoms with Crippen molar-refractivity contribution in [1.29, 1.82) is 0 Å². The van der Waals surface area contributed by atoms with E-state index in [1.165, 1.54) is 4.90 Å². The van der Waals surface area contributed by atoms with Gasteiger partial charge in [0.1, 0.15) is 23.2 Å². The van der Waals surface area contributed by atoms with E-state index in [4.69, 9.17) is 21.4 Å². The van der Waals surface area contributed by atoms with E-state index in [1.807, 2.05) is 52.9 Å². The number of halogens is 1. The lowest BCUT2D eigenvalue weighted by Crippen LogP contribution is -2.58. The summed E-state index contributed by atoms with van der Waals surface area (Å²) in [5.74, 6) is 0.186. The Morgan fingerprint density at radius 1 is 1.00 bits per heavy atom. The molecule has 1 atom stereocenters. The van der Waals surface area contributed by atoms with Gasteiger partial charge in [0.2, 0.25) is 11.8 Å². The number of hydrogen-bond donors (Lipinski definition) is 1. The van der Waals surface area contributed by atoms with Crippen LogP contribution < -0.4 is 15.0 Å². The van der Waals surface area contributed by atoms with Crippen LogP contribution in [0.2, 0.25) is 0 Å². The zero-order valence-corrected chi connectivity index (χ0v) is 18.0. The van der Waals surface area contributed by atoms with Crippen molar-refractivity contribution in [3.8, 4) is 11.5 Å². The van der Waals surface area contributed by atoms with Crippen molar-refractivity contribution in [3.63, 3.8) is 0 Å². The molecule has 8 heteroatoms. The van der Waals surface area contributed by atoms with Crippen molar-refractivity contribution in [2.45, 2.75) is 6.42 Å². The fraction of sp³-hybridized carbons (Fsp3) is 0.0952. The second-order valence-corrected chi connectivity index (χ2v) is 7.79. The molecule has 1 fully saturated rings. The predicted octanol–water partition coefficient (Wildman–Crippen LogP) is 4.28. The maximum Gasteiger partial charge on any atom is 0.246 e. The highest BCUT2D eigenvalue weighted by atomic mass is 127. The summed E-state index contributed by atoms with van der Waals surface area (Å²) in [5, 5.41) is 2.67. The van der Waals surface area contributed by atoms with Gasteiger partial charge < -0.3 is 14.5 Å². The van der Waals surface area contributed by atoms with Crippen LogP contribution in [0, 0.1) is 9.68 Å². The summed E-state index contributed by atoms with van der Waals surface area (Å²) in [7, 11) is 0. The molecule has 1 aliphatic heterocycles. The van der Waals surface area contributed by atoms with Crippen LogP contribution in [0.25, 0.3) is 0 Å². The number of nitrogens with one attached hydrogen (secondary N) is 1. The molecule has 1 aromatic heterocycles. The molecule has 1 unspecified atom stereocenters. The standard InChI is InChI=1S/C21H15IN2O4S/c22-18-11-10-16(28-18)12-17-19(25)23-21(29)24(20(17)26)13-6-8-15(9-7-13)27-14-4-2-1-3-5-14/h1-11,17H,12H2,(H,23,25,29). The van der Waals surface area contributed by atoms with E-state index in [1.54, 1.807) is 36.4 Å². The van der Waals surface area contributed by atoms with Crippen molar-refractivity contribution in [2.24, 2.45) is 5.92 Å². The van der Waals surface area contributed by atoms with Crippen LogP contribution in [0.4, 0.5) is 5.69 Å². The monoisotopic (exact) mass is 518 g/mol. The average Bonchev–Trinajstić information content (AvgIpc) is 3.12. The topological polar surface area (TPSA) is 71.8 Å². The first-order valence-corrected chi connectivity index (χ1v) is 10.3. The number of benzene rings is 2. The van der Waals surface area contributed by atoms with Gasteiger partial charge in [-0.25, -0.2) is 0 Å². The Hall–Kier alpha value is -2.72. The van der Waals surface area contributed by atoms with Crippen LogP contribution in [-0.4, -0.2) is 16.9 Å². The minimum absolute atomic E-state index is 0.0574. The molecule has 146 valence electrons. The van der Waals surface area contributed by atoms with Gasteiger partial charge >= 0.3 is 0 Å². The summed E-state index contributed by atoms with van der Waals surface area (Å²) >= 11 is 7.28. The van der Waals surface area contributed by atoms with Gasteiger partial charge in [-0.1, -0.05) is 18.2 Å². The molecular weight excluding hydrogens is 503 g/mol. The molecule has 29 heavy (non-hydrogen) atoms. The third kappa shape index (κ3) is 4.33. The Kier molecular flexibility index (Phi) is 5.63. The SMILES string of the molecule is O=C1NC(=S)N(c2ccc(Oc3ccccc3)cc2)C(=O)C1Cc1ccc(I)o1. The molecule has 0 spiro atoms. The number of carbonyl (C=O) groups excluding carboxylic acids is 2. The van der Waals surface area contributed by atoms with Gasteiger partial charge in [-0.05, 0) is 83.3 Å². The minimum atomic E-state index is -0.913. The molecule has 0 aliphatic carbocycles. The summed E-state index contributed by atoms with van der Waals surface area (Å²) < 4.78 is 12.0. The number of para-hydroxylation sites is 1. The first-order valence-electron chi connectivity index (χ1n) is 8.77. The first-order chi connectivity index (χ1) is 14.0. The van der Waals surface area contributed by atoms with Gasteiger partial charge in [-0.15, -0.1) is 0 Å². The Morgan fingerprint density at radius 3 is 2.34 bits per heavy atom. The molecule has 1 aliphatic rings. The van der Waals surface area contributed by atoms with Crippen LogP contribution in [0.3, 0.4) is 0 Å². The lowest BCUT2D eigenvalue weighted by Gasteiger charge is -2.32. The third-order valence-electron chi connectivity index (χ3n) is 4.38. The average molecular weight is 518 g/mol. The second-order valence-electron chi connectivity index (χ2n) is 6.34. The van der Waals surface area contributed by atoms with Gasteiger partial charge in [0, 0.05) is 6.42 Å². The van der Waals surface area contributed by atoms with Crippen molar-refractivity contribution in [3.05, 3.63) is 76.3 Å². The van der Waals surface area contributed by atoms with E-state index < -0.39 is 11.8 Å². The number of rotatable bonds is 5. The van der Waals surface area contributed by atoms with E-state index in [0.29, 0.717) is 26.7 Å². The van der Waals surface area contributed by atoms with Crippen molar-refractivity contribution < 1.29 is 18.7 Å². The molecule has 2 amide bonds. The fourth-order valence-corrected chi connectivity index (χ4v) is 3.75. The zero-order valence-electron chi connectivity index (χ0n) is 15.0. The quantitative estimate of drug-likeness (QED) is 0.310. The summed E-state index contributed by atoms with van der Waals surface area (Å²) in [6, 6.07) is 19.9. The molecule has 1 saturated heterocycles. The molecule has 4 rings (SSSR count). The molecule has 1 N–H and O–H groups in total. The number of ether oxygens (including phenoxy) is 1. The third-order valence-corrected chi connectivity index (χ3v) is 5.24. The van der Waals surface area contributed by atoms with Crippen molar-refractivity contribution >= 4 is 57.4 Å². The van der Waals surface area contributed by atoms with E-state index in [0.717, 1.165) is 0 Å². The molecule has 3 aromatic rings. The fourth-order valence-electron chi connectivity index (χ4n) is 2.99. The summed E-state index contributed by atoms with van der Waals surface area (Å²) in [6.45, 7) is 0. The highest BCUT2D eigenvalue weighted by Gasteiger charge is 2.39. The van der Waals surface area contributed by atoms with E-state index >= 15 is 0 Å². The number of carbonyl (C=O) groups is 2. The lowest BCUT2D eigenvalue weighted by molar-refractivity contribution is -0.133. The second kappa shape index (κ2) is 8.34. The molecule has 2 aromatic carbocycles. The van der Waals surface area contributed by atoms with E-state index in [9.17, 15) is 9.59 Å². The molecule has 6 nitrogen and oxygen atoms in total. The molecule has 0 radical (unpaired) electrons. The number of thiocarbonyl (C=S) groups is 1. The van der Waals surface area contributed by atoms with Gasteiger partial charge in [0.05, 0.1) is 5.69 Å². The molecular formula is C21H15IN2O4S. The van der Waals surface area contributed by atoms with Gasteiger partial charge in [-0.3, -0.25) is 14.5 Å². The molecule has 0 bridgehead atoms. The smallest absolute Gasteiger partial charge is 0.246 e. The van der Waals surface area contributed by atoms with Crippen LogP contribution in [-0.2, 0) is 16.0 Å². The van der Waals surface area contributed by atoms with Crippen LogP contribution in [0.15, 0.2) is 71.1 Å². The summed E-state index contributed by atoms with van der Waals surface area (Å²) in [6.07, 6.45) is 0.169. The van der Waals surface area contributed by atoms with E-state index in [-0.39, 0.29) is 17.4 Å². The highest BCUT2D eigenvalue weighted by Crippen LogP contribution is 2.27. The summed E-state index contributed by atoms with van der Waals surface area (Å²) in [5.41, 5.74) is 0.555. The number of anilines is 1. The van der Waals surface area contributed by atoms with Gasteiger partial charge in [0.25, 0.3) is 0 Å². The maximum absolute atomic E-state index is 13.0. The van der Waals surface area contributed by atoms with Crippen LogP contribution in [0.1, 0.15) is 5.76 Å². The van der Waals surface area contributed by atoms with Gasteiger partial charge in [-0.2, -0.15) is 0 Å². The van der Waals surface area contributed by atoms with Crippen LogP contribution >= 0.6 is 34.8 Å². The predicted molar refractivity (Wildman–Crippen MR) is 120 cm³/mol. The lowest BCUT2D eigenvalue weighted by atomic mass is 9.99. The Bertz CT molecular complexity index is 1070. The highest BCUT2D eigenvalue weighted by molar-refractivity contribution is 14.1. The minimum Gasteiger partial charge on any atom is -0.457 e. The number of hydrogen-bond acceptors (Lipinski definition) is 5. The molecule has 2 heterocycles. The number of amides is 2. The maximum atomic E-state index is 13.0. The largest absolute Gasteiger partial charge is 0.457 e. The Labute approximate surface area is 186 Å². The summed E-state index contributed by atoms with van der Waals surface area (Å²) in [4.78, 5) is 26.7. The Balaban J connectivity index is 1.53.